The summed E-state index contributed by atoms with van der Waals surface area (Å²) in [6.07, 6.45) is 1.11. The first-order valence-corrected chi connectivity index (χ1v) is 34.3. The lowest BCUT2D eigenvalue weighted by Gasteiger charge is -2.19. The summed E-state index contributed by atoms with van der Waals surface area (Å²) >= 11 is 0. The molecule has 514 valence electrons. The Morgan fingerprint density at radius 1 is 0.333 bits per heavy atom. The molecule has 0 fully saturated rings. The summed E-state index contributed by atoms with van der Waals surface area (Å²) in [6, 6.07) is 46.2. The van der Waals surface area contributed by atoms with E-state index in [-0.39, 0.29) is 46.3 Å². The van der Waals surface area contributed by atoms with E-state index in [2.05, 4.69) is 66.8 Å². The van der Waals surface area contributed by atoms with E-state index in [1.807, 2.05) is 147 Å². The Morgan fingerprint density at radius 2 is 0.576 bits per heavy atom. The van der Waals surface area contributed by atoms with E-state index in [0.717, 1.165) is 172 Å². The van der Waals surface area contributed by atoms with Gasteiger partial charge in [-0.25, -0.2) is 0 Å². The number of Topliss-reactive ketones (excluding diaryl/α,β-unsaturated/α-hetero) is 8. The van der Waals surface area contributed by atoms with Crippen LogP contribution in [0.5, 0.6) is 0 Å². The number of aliphatic hydroxyl groups is 1. The number of ketones is 8. The van der Waals surface area contributed by atoms with E-state index in [9.17, 15) is 43.5 Å². The van der Waals surface area contributed by atoms with Gasteiger partial charge in [0, 0.05) is 184 Å². The van der Waals surface area contributed by atoms with Gasteiger partial charge in [0.15, 0.2) is 46.3 Å². The lowest BCUT2D eigenvalue weighted by Crippen LogP contribution is -2.26. The highest BCUT2D eigenvalue weighted by molar-refractivity contribution is 6.17. The first-order valence-electron chi connectivity index (χ1n) is 34.3. The summed E-state index contributed by atoms with van der Waals surface area (Å²) in [5.41, 5.74) is 13.9. The first kappa shape index (κ1) is 73.4. The van der Waals surface area contributed by atoms with Crippen LogP contribution in [-0.2, 0) is 26.2 Å². The molecule has 0 saturated carbocycles. The Balaban J connectivity index is 0.000000154. The number of aromatic nitrogens is 4. The molecule has 12 aromatic rings. The maximum Gasteiger partial charge on any atom is 0.188 e. The second kappa shape index (κ2) is 33.1. The third kappa shape index (κ3) is 16.3. The molecule has 8 aromatic carbocycles. The summed E-state index contributed by atoms with van der Waals surface area (Å²) in [4.78, 5) is 96.6. The van der Waals surface area contributed by atoms with Gasteiger partial charge in [0.2, 0.25) is 0 Å². The van der Waals surface area contributed by atoms with Gasteiger partial charge in [-0.05, 0) is 234 Å². The van der Waals surface area contributed by atoms with Crippen LogP contribution in [0.4, 0.5) is 0 Å². The summed E-state index contributed by atoms with van der Waals surface area (Å²) in [7, 11) is 1.93. The van der Waals surface area contributed by atoms with Crippen molar-refractivity contribution in [1.29, 1.82) is 0 Å². The predicted molar refractivity (Wildman–Crippen MR) is 403 cm³/mol. The highest BCUT2D eigenvalue weighted by atomic mass is 16.3. The number of fused-ring (bicyclic) bond motifs is 12. The number of nitrogens with zero attached hydrogens (tertiary/aromatic N) is 5. The third-order valence-electron chi connectivity index (χ3n) is 18.6. The molecule has 0 saturated heterocycles. The van der Waals surface area contributed by atoms with Crippen molar-refractivity contribution in [1.82, 2.24) is 39.1 Å². The molecule has 12 rings (SSSR count). The fraction of sp³-hybridized carbons (Fsp3) is 0.317. The molecule has 17 nitrogen and oxygen atoms in total. The van der Waals surface area contributed by atoms with Crippen LogP contribution >= 0.6 is 0 Å². The molecule has 0 radical (unpaired) electrons. The lowest BCUT2D eigenvalue weighted by atomic mass is 10.0. The average Bonchev–Trinajstić information content (AvgIpc) is 1.63. The van der Waals surface area contributed by atoms with Crippen LogP contribution < -0.4 is 16.0 Å². The number of hydrogen-bond acceptors (Lipinski definition) is 13. The summed E-state index contributed by atoms with van der Waals surface area (Å²) in [5.74, 6) is 0.00954. The van der Waals surface area contributed by atoms with Crippen LogP contribution in [0, 0.1) is 0 Å². The second-order valence-electron chi connectivity index (χ2n) is 25.2. The Labute approximate surface area is 578 Å². The van der Waals surface area contributed by atoms with Crippen LogP contribution in [0.15, 0.2) is 146 Å². The fourth-order valence-electron chi connectivity index (χ4n) is 13.0. The van der Waals surface area contributed by atoms with Crippen molar-refractivity contribution in [3.05, 3.63) is 190 Å². The second-order valence-corrected chi connectivity index (χ2v) is 25.2. The molecule has 99 heavy (non-hydrogen) atoms. The molecule has 0 atom stereocenters. The van der Waals surface area contributed by atoms with E-state index in [1.165, 1.54) is 0 Å². The number of likely N-dealkylation sites (N-methyl/N-ethyl adjacent to an activating group) is 3. The van der Waals surface area contributed by atoms with E-state index in [4.69, 9.17) is 0 Å². The van der Waals surface area contributed by atoms with Gasteiger partial charge in [-0.3, -0.25) is 38.4 Å². The van der Waals surface area contributed by atoms with Gasteiger partial charge in [-0.2, -0.15) is 0 Å². The third-order valence-corrected chi connectivity index (χ3v) is 18.6. The number of hydrogen-bond donors (Lipinski definition) is 4. The largest absolute Gasteiger partial charge is 0.388 e. The zero-order valence-corrected chi connectivity index (χ0v) is 59.2. The Kier molecular flexibility index (Phi) is 24.5. The molecule has 0 aliphatic carbocycles. The van der Waals surface area contributed by atoms with Gasteiger partial charge >= 0.3 is 0 Å². The van der Waals surface area contributed by atoms with Crippen LogP contribution in [-0.4, -0.2) is 141 Å². The zero-order valence-electron chi connectivity index (χ0n) is 59.2. The average molecular weight is 1330 g/mol. The molecular formula is C82H92N8O9. The van der Waals surface area contributed by atoms with Crippen molar-refractivity contribution in [2.24, 2.45) is 0 Å². The van der Waals surface area contributed by atoms with Gasteiger partial charge in [0.05, 0.1) is 0 Å². The highest BCUT2D eigenvalue weighted by Crippen LogP contribution is 2.36. The van der Waals surface area contributed by atoms with Crippen LogP contribution in [0.2, 0.25) is 0 Å². The summed E-state index contributed by atoms with van der Waals surface area (Å²) in [6.45, 7) is 29.9. The normalized spacial score (nSPS) is 11.4. The van der Waals surface area contributed by atoms with Crippen LogP contribution in [0.3, 0.4) is 0 Å². The Bertz CT molecular complexity index is 4860. The van der Waals surface area contributed by atoms with Gasteiger partial charge < -0.3 is 44.2 Å². The topological polar surface area (TPSA) is 216 Å². The smallest absolute Gasteiger partial charge is 0.188 e. The Morgan fingerprint density at radius 3 is 0.808 bits per heavy atom. The number of rotatable bonds is 26. The summed E-state index contributed by atoms with van der Waals surface area (Å²) in [5, 5.41) is 27.2. The minimum atomic E-state index is -0.509. The van der Waals surface area contributed by atoms with Gasteiger partial charge in [-0.15, -0.1) is 0 Å². The molecule has 0 aliphatic heterocycles. The minimum absolute atomic E-state index is 0.0172. The molecule has 17 heteroatoms. The van der Waals surface area contributed by atoms with Crippen LogP contribution in [0.1, 0.15) is 165 Å². The maximum absolute atomic E-state index is 12.0. The molecule has 4 heterocycles. The van der Waals surface area contributed by atoms with E-state index < -0.39 is 6.61 Å². The molecule has 4 aromatic heterocycles. The molecule has 0 unspecified atom stereocenters. The van der Waals surface area contributed by atoms with E-state index in [0.29, 0.717) is 44.5 Å². The quantitative estimate of drug-likeness (QED) is 0.0294. The number of aliphatic hydroxyl groups excluding tert-OH is 1. The van der Waals surface area contributed by atoms with Crippen molar-refractivity contribution in [3.8, 4) is 0 Å². The zero-order chi connectivity index (χ0) is 71.4. The molecular weight excluding hydrogens is 1240 g/mol. The molecule has 4 N–H and O–H groups in total. The van der Waals surface area contributed by atoms with Crippen molar-refractivity contribution in [2.45, 2.75) is 109 Å². The number of nitrogens with one attached hydrogen (secondary N) is 3. The van der Waals surface area contributed by atoms with E-state index in [1.54, 1.807) is 54.5 Å². The SMILES string of the molecule is CCCNCCn1c2ccc(C(C)=O)cc2c2cc(C(C)=O)ccc21.CCN(CC)CCn1c2ccc(C(C)=O)cc2c2cc(C(=O)CO)ccc21.CCNCCn1c2ccc(C(C)=O)cc2c2cc(C(C)=O)ccc21.CNCCn1c2ccc(C(C)=O)cc2c2cc(C(C)=O)ccc21. The number of carbonyl (C=O) groups is 8. The van der Waals surface area contributed by atoms with Crippen molar-refractivity contribution in [2.75, 3.05) is 66.0 Å². The fourth-order valence-corrected chi connectivity index (χ4v) is 13.0. The standard InChI is InChI=1S/C22H26N2O3.C21H24N2O2.C20H22N2O2.C19H20N2O2/c1-4-23(5-2)10-11-24-20-8-6-16(15(3)26)12-18(20)19-13-17(22(27)14-25)7-9-21(19)24;1-4-9-22-10-11-23-20-7-5-16(14(2)24)12-18(20)19-13-17(15(3)25)6-8-21(19)23;1-4-21-9-10-22-19-7-5-15(13(2)23)11-17(19)18-12-16(14(3)24)6-8-20(18)22;1-12(22)14-4-6-18-16(10-14)17-11-15(13(2)23)5-7-19(17)21(18)9-8-20-3/h6-9,12-13,25H,4-5,10-11,14H2,1-3H3;5-8,12-13,22H,4,9-11H2,1-3H3;5-8,11-12,21H,4,9-10H2,1-3H3;4-7,10-11,20H,8-9H2,1-3H3. The summed E-state index contributed by atoms with van der Waals surface area (Å²) < 4.78 is 9.00. The van der Waals surface area contributed by atoms with Crippen LogP contribution in [0.25, 0.3) is 87.2 Å². The molecule has 0 spiro atoms. The molecule has 0 aliphatic rings. The first-order chi connectivity index (χ1) is 47.6. The number of benzene rings is 8. The molecule has 0 amide bonds. The van der Waals surface area contributed by atoms with Gasteiger partial charge in [-0.1, -0.05) is 27.7 Å². The van der Waals surface area contributed by atoms with Gasteiger partial charge in [0.1, 0.15) is 6.61 Å². The minimum Gasteiger partial charge on any atom is -0.388 e. The van der Waals surface area contributed by atoms with Crippen molar-refractivity contribution >= 4 is 133 Å². The Hall–Kier alpha value is -9.88. The van der Waals surface area contributed by atoms with Crippen molar-refractivity contribution in [3.63, 3.8) is 0 Å². The van der Waals surface area contributed by atoms with E-state index >= 15 is 0 Å². The number of carbonyl (C=O) groups excluding carboxylic acids is 8. The molecule has 0 bridgehead atoms. The monoisotopic (exact) mass is 1330 g/mol. The predicted octanol–water partition coefficient (Wildman–Crippen LogP) is 14.9. The highest BCUT2D eigenvalue weighted by Gasteiger charge is 2.20. The van der Waals surface area contributed by atoms with Crippen molar-refractivity contribution < 1.29 is 43.5 Å². The lowest BCUT2D eigenvalue weighted by molar-refractivity contribution is 0.0902. The van der Waals surface area contributed by atoms with Gasteiger partial charge in [0.25, 0.3) is 0 Å². The maximum atomic E-state index is 12.0.